The van der Waals surface area contributed by atoms with E-state index in [0.29, 0.717) is 12.5 Å². The summed E-state index contributed by atoms with van der Waals surface area (Å²) < 4.78 is 5.40. The molecule has 5 heteroatoms. The molecule has 0 spiro atoms. The molecule has 24 heavy (non-hydrogen) atoms. The number of aryl methyl sites for hydroxylation is 1. The number of carbonyl (C=O) groups is 1. The molecule has 1 N–H and O–H groups in total. The molecule has 0 saturated carbocycles. The minimum Gasteiger partial charge on any atom is -0.494 e. The zero-order valence-electron chi connectivity index (χ0n) is 14.0. The summed E-state index contributed by atoms with van der Waals surface area (Å²) in [6.45, 7) is 4.86. The standard InChI is InChI=1S/C19H22N2O2S/c1-3-23-16-7-5-14(6-8-16)12-20-21-19(22)18-11-15-10-13(2)4-9-17(15)24-18/h5-8,11-13H,3-4,9-10H2,1-2H3,(H,21,22)/b20-12-/t13-/m0/s1. The van der Waals surface area contributed by atoms with Crippen molar-refractivity contribution in [3.05, 3.63) is 51.2 Å². The van der Waals surface area contributed by atoms with Crippen molar-refractivity contribution in [3.8, 4) is 5.75 Å². The van der Waals surface area contributed by atoms with Crippen LogP contribution in [0.5, 0.6) is 5.75 Å². The van der Waals surface area contributed by atoms with Gasteiger partial charge < -0.3 is 4.74 Å². The van der Waals surface area contributed by atoms with Gasteiger partial charge in [-0.25, -0.2) is 5.43 Å². The van der Waals surface area contributed by atoms with Crippen LogP contribution >= 0.6 is 11.3 Å². The summed E-state index contributed by atoms with van der Waals surface area (Å²) in [6, 6.07) is 9.62. The summed E-state index contributed by atoms with van der Waals surface area (Å²) in [5.74, 6) is 1.40. The van der Waals surface area contributed by atoms with Crippen LogP contribution in [0.4, 0.5) is 0 Å². The van der Waals surface area contributed by atoms with Crippen LogP contribution in [0.1, 0.15) is 45.9 Å². The van der Waals surface area contributed by atoms with Crippen molar-refractivity contribution < 1.29 is 9.53 Å². The Balaban J connectivity index is 1.59. The van der Waals surface area contributed by atoms with Crippen molar-refractivity contribution in [3.63, 3.8) is 0 Å². The predicted octanol–water partition coefficient (Wildman–Crippen LogP) is 4.04. The fraction of sp³-hybridized carbons (Fsp3) is 0.368. The van der Waals surface area contributed by atoms with E-state index in [1.54, 1.807) is 17.6 Å². The number of hydrogen-bond donors (Lipinski definition) is 1. The van der Waals surface area contributed by atoms with Gasteiger partial charge in [-0.05, 0) is 73.6 Å². The van der Waals surface area contributed by atoms with Crippen LogP contribution in [0.25, 0.3) is 0 Å². The molecule has 1 atom stereocenters. The summed E-state index contributed by atoms with van der Waals surface area (Å²) in [4.78, 5) is 14.3. The molecule has 0 bridgehead atoms. The lowest BCUT2D eigenvalue weighted by molar-refractivity contribution is 0.0959. The van der Waals surface area contributed by atoms with Gasteiger partial charge in [-0.15, -0.1) is 11.3 Å². The molecule has 1 aliphatic carbocycles. The first kappa shape index (κ1) is 16.7. The van der Waals surface area contributed by atoms with Crippen molar-refractivity contribution in [2.75, 3.05) is 6.61 Å². The Labute approximate surface area is 146 Å². The highest BCUT2D eigenvalue weighted by Gasteiger charge is 2.20. The minimum absolute atomic E-state index is 0.135. The number of carbonyl (C=O) groups excluding carboxylic acids is 1. The van der Waals surface area contributed by atoms with Gasteiger partial charge in [0.15, 0.2) is 0 Å². The Morgan fingerprint density at radius 1 is 1.42 bits per heavy atom. The number of thiophene rings is 1. The van der Waals surface area contributed by atoms with Crippen LogP contribution in [-0.2, 0) is 12.8 Å². The second kappa shape index (κ2) is 7.62. The van der Waals surface area contributed by atoms with Gasteiger partial charge in [-0.2, -0.15) is 5.10 Å². The van der Waals surface area contributed by atoms with Gasteiger partial charge in [-0.1, -0.05) is 6.92 Å². The van der Waals surface area contributed by atoms with Crippen molar-refractivity contribution in [2.45, 2.75) is 33.1 Å². The fourth-order valence-corrected chi connectivity index (χ4v) is 3.95. The molecule has 0 fully saturated rings. The number of ether oxygens (including phenoxy) is 1. The lowest BCUT2D eigenvalue weighted by Crippen LogP contribution is -2.16. The maximum Gasteiger partial charge on any atom is 0.281 e. The Morgan fingerprint density at radius 2 is 2.21 bits per heavy atom. The molecule has 0 saturated heterocycles. The average Bonchev–Trinajstić information content (AvgIpc) is 3.00. The van der Waals surface area contributed by atoms with Crippen LogP contribution in [0.3, 0.4) is 0 Å². The van der Waals surface area contributed by atoms with E-state index in [1.807, 2.05) is 37.3 Å². The number of nitrogens with zero attached hydrogens (tertiary/aromatic N) is 1. The highest BCUT2D eigenvalue weighted by atomic mass is 32.1. The van der Waals surface area contributed by atoms with E-state index >= 15 is 0 Å². The molecule has 1 heterocycles. The van der Waals surface area contributed by atoms with Crippen LogP contribution in [0, 0.1) is 5.92 Å². The number of hydrogen-bond acceptors (Lipinski definition) is 4. The summed E-state index contributed by atoms with van der Waals surface area (Å²) in [5.41, 5.74) is 4.86. The summed E-state index contributed by atoms with van der Waals surface area (Å²) in [6.07, 6.45) is 5.02. The van der Waals surface area contributed by atoms with Gasteiger partial charge in [0.2, 0.25) is 0 Å². The van der Waals surface area contributed by atoms with Gasteiger partial charge in [0.1, 0.15) is 5.75 Å². The smallest absolute Gasteiger partial charge is 0.281 e. The highest BCUT2D eigenvalue weighted by molar-refractivity contribution is 7.14. The van der Waals surface area contributed by atoms with Crippen LogP contribution in [0.15, 0.2) is 35.4 Å². The number of amides is 1. The SMILES string of the molecule is CCOc1ccc(/C=N\NC(=O)c2cc3c(s2)CC[C@H](C)C3)cc1. The summed E-state index contributed by atoms with van der Waals surface area (Å²) in [7, 11) is 0. The predicted molar refractivity (Wildman–Crippen MR) is 98.2 cm³/mol. The maximum atomic E-state index is 12.2. The van der Waals surface area contributed by atoms with E-state index in [4.69, 9.17) is 4.74 Å². The zero-order chi connectivity index (χ0) is 16.9. The Morgan fingerprint density at radius 3 is 2.96 bits per heavy atom. The second-order valence-electron chi connectivity index (χ2n) is 6.11. The monoisotopic (exact) mass is 342 g/mol. The van der Waals surface area contributed by atoms with Gasteiger partial charge in [0.05, 0.1) is 17.7 Å². The molecule has 0 aliphatic heterocycles. The molecule has 1 aliphatic rings. The summed E-state index contributed by atoms with van der Waals surface area (Å²) >= 11 is 1.60. The van der Waals surface area contributed by atoms with Crippen molar-refractivity contribution in [2.24, 2.45) is 11.0 Å². The van der Waals surface area contributed by atoms with Crippen LogP contribution in [0.2, 0.25) is 0 Å². The molecule has 0 radical (unpaired) electrons. The molecule has 3 rings (SSSR count). The Hall–Kier alpha value is -2.14. The lowest BCUT2D eigenvalue weighted by Gasteiger charge is -2.16. The molecule has 2 aromatic rings. The maximum absolute atomic E-state index is 12.2. The molecular formula is C19H22N2O2S. The molecule has 1 aromatic heterocycles. The van der Waals surface area contributed by atoms with Gasteiger partial charge in [-0.3, -0.25) is 4.79 Å². The van der Waals surface area contributed by atoms with E-state index in [9.17, 15) is 4.79 Å². The van der Waals surface area contributed by atoms with E-state index in [2.05, 4.69) is 17.5 Å². The largest absolute Gasteiger partial charge is 0.494 e. The third-order valence-electron chi connectivity index (χ3n) is 4.12. The fourth-order valence-electron chi connectivity index (χ4n) is 2.86. The molecule has 4 nitrogen and oxygen atoms in total. The van der Waals surface area contributed by atoms with E-state index in [1.165, 1.54) is 16.9 Å². The van der Waals surface area contributed by atoms with Crippen molar-refractivity contribution in [1.82, 2.24) is 5.43 Å². The number of benzene rings is 1. The van der Waals surface area contributed by atoms with E-state index in [0.717, 1.165) is 29.0 Å². The van der Waals surface area contributed by atoms with Gasteiger partial charge >= 0.3 is 0 Å². The van der Waals surface area contributed by atoms with Crippen molar-refractivity contribution >= 4 is 23.5 Å². The van der Waals surface area contributed by atoms with Crippen molar-refractivity contribution in [1.29, 1.82) is 0 Å². The molecular weight excluding hydrogens is 320 g/mol. The van der Waals surface area contributed by atoms with Crippen LogP contribution < -0.4 is 10.2 Å². The van der Waals surface area contributed by atoms with E-state index in [-0.39, 0.29) is 5.91 Å². The number of rotatable bonds is 5. The number of fused-ring (bicyclic) bond motifs is 1. The first-order chi connectivity index (χ1) is 11.7. The van der Waals surface area contributed by atoms with Gasteiger partial charge in [0, 0.05) is 4.88 Å². The topological polar surface area (TPSA) is 50.7 Å². The van der Waals surface area contributed by atoms with E-state index < -0.39 is 0 Å². The quantitative estimate of drug-likeness (QED) is 0.659. The first-order valence-corrected chi connectivity index (χ1v) is 9.15. The summed E-state index contributed by atoms with van der Waals surface area (Å²) in [5, 5.41) is 4.06. The zero-order valence-corrected chi connectivity index (χ0v) is 14.9. The molecule has 1 aromatic carbocycles. The lowest BCUT2D eigenvalue weighted by atomic mass is 9.90. The second-order valence-corrected chi connectivity index (χ2v) is 7.24. The average molecular weight is 342 g/mol. The normalized spacial score (nSPS) is 16.8. The molecule has 126 valence electrons. The first-order valence-electron chi connectivity index (χ1n) is 8.33. The number of hydrazone groups is 1. The third kappa shape index (κ3) is 4.03. The Kier molecular flexibility index (Phi) is 5.30. The highest BCUT2D eigenvalue weighted by Crippen LogP contribution is 2.32. The molecule has 1 amide bonds. The number of nitrogens with one attached hydrogen (secondary N) is 1. The Bertz CT molecular complexity index is 734. The van der Waals surface area contributed by atoms with Gasteiger partial charge in [0.25, 0.3) is 5.91 Å². The molecule has 0 unspecified atom stereocenters. The third-order valence-corrected chi connectivity index (χ3v) is 5.36. The minimum atomic E-state index is -0.135. The van der Waals surface area contributed by atoms with Crippen LogP contribution in [-0.4, -0.2) is 18.7 Å².